The van der Waals surface area contributed by atoms with Gasteiger partial charge in [-0.1, -0.05) is 0 Å². The number of alkyl halides is 3. The summed E-state index contributed by atoms with van der Waals surface area (Å²) in [6, 6.07) is -0.0715. The Morgan fingerprint density at radius 2 is 2.08 bits per heavy atom. The quantitative estimate of drug-likeness (QED) is 0.485. The van der Waals surface area contributed by atoms with Crippen molar-refractivity contribution in [3.63, 3.8) is 0 Å². The number of hydrogen-bond acceptors (Lipinski definition) is 4. The van der Waals surface area contributed by atoms with Crippen LogP contribution in [0.1, 0.15) is 26.7 Å². The van der Waals surface area contributed by atoms with Crippen LogP contribution in [-0.4, -0.2) is 76.2 Å². The minimum Gasteiger partial charge on any atom is -0.357 e. The molecule has 1 aliphatic rings. The molecule has 0 aromatic carbocycles. The molecule has 1 saturated heterocycles. The second-order valence-corrected chi connectivity index (χ2v) is 8.95. The van der Waals surface area contributed by atoms with Gasteiger partial charge < -0.3 is 10.6 Å². The summed E-state index contributed by atoms with van der Waals surface area (Å²) in [5.74, 6) is 0.761. The molecule has 2 atom stereocenters. The third-order valence-corrected chi connectivity index (χ3v) is 4.91. The van der Waals surface area contributed by atoms with Gasteiger partial charge in [0.1, 0.15) is 9.84 Å². The molecule has 0 bridgehead atoms. The van der Waals surface area contributed by atoms with E-state index in [1.165, 1.54) is 11.2 Å². The molecule has 1 aliphatic heterocycles. The van der Waals surface area contributed by atoms with E-state index in [0.717, 1.165) is 0 Å². The van der Waals surface area contributed by atoms with Crippen LogP contribution in [0.4, 0.5) is 13.2 Å². The van der Waals surface area contributed by atoms with E-state index in [1.54, 1.807) is 0 Å². The molecule has 0 amide bonds. The van der Waals surface area contributed by atoms with E-state index in [9.17, 15) is 21.6 Å². The third-order valence-electron chi connectivity index (χ3n) is 3.93. The van der Waals surface area contributed by atoms with Crippen LogP contribution in [-0.2, 0) is 9.84 Å². The highest BCUT2D eigenvalue weighted by molar-refractivity contribution is 7.90. The highest BCUT2D eigenvalue weighted by atomic mass is 32.2. The highest BCUT2D eigenvalue weighted by Gasteiger charge is 2.34. The van der Waals surface area contributed by atoms with E-state index in [2.05, 4.69) is 15.6 Å². The Labute approximate surface area is 148 Å². The monoisotopic (exact) mass is 386 g/mol. The Morgan fingerprint density at radius 1 is 1.40 bits per heavy atom. The molecule has 1 rings (SSSR count). The fraction of sp³-hybridized carbons (Fsp3) is 0.933. The molecule has 0 radical (unpaired) electrons. The molecule has 0 aromatic rings. The average Bonchev–Trinajstić information content (AvgIpc) is 2.87. The van der Waals surface area contributed by atoms with Gasteiger partial charge in [0.25, 0.3) is 0 Å². The summed E-state index contributed by atoms with van der Waals surface area (Å²) < 4.78 is 59.7. The van der Waals surface area contributed by atoms with Crippen LogP contribution < -0.4 is 10.6 Å². The van der Waals surface area contributed by atoms with Crippen LogP contribution in [0.2, 0.25) is 0 Å². The molecule has 0 aliphatic carbocycles. The van der Waals surface area contributed by atoms with Crippen molar-refractivity contribution in [2.45, 2.75) is 38.9 Å². The van der Waals surface area contributed by atoms with E-state index < -0.39 is 22.6 Å². The number of halogens is 3. The number of aliphatic imine (C=N–C) groups is 1. The van der Waals surface area contributed by atoms with E-state index in [-0.39, 0.29) is 17.7 Å². The number of hydrogen-bond donors (Lipinski definition) is 2. The van der Waals surface area contributed by atoms with Crippen LogP contribution in [0.15, 0.2) is 4.99 Å². The summed E-state index contributed by atoms with van der Waals surface area (Å²) in [6.07, 6.45) is -1.80. The summed E-state index contributed by atoms with van der Waals surface area (Å²) in [7, 11) is -3.01. The number of guanidine groups is 1. The van der Waals surface area contributed by atoms with Crippen molar-refractivity contribution in [3.05, 3.63) is 0 Å². The zero-order chi connectivity index (χ0) is 19.1. The van der Waals surface area contributed by atoms with Gasteiger partial charge in [-0.2, -0.15) is 13.2 Å². The summed E-state index contributed by atoms with van der Waals surface area (Å²) in [5, 5.41) is 6.22. The van der Waals surface area contributed by atoms with Crippen LogP contribution in [0.3, 0.4) is 0 Å². The second-order valence-electron chi connectivity index (χ2n) is 6.69. The standard InChI is InChI=1S/C15H29F3N4O2S/c1-4-19-14(21-12(2)6-8-25(3,23)24)20-9-13-5-7-22(10-13)11-15(16,17)18/h12-13H,4-11H2,1-3H3,(H2,19,20,21). The summed E-state index contributed by atoms with van der Waals surface area (Å²) >= 11 is 0. The summed E-state index contributed by atoms with van der Waals surface area (Å²) in [4.78, 5) is 5.86. The predicted octanol–water partition coefficient (Wildman–Crippen LogP) is 1.25. The number of nitrogens with one attached hydrogen (secondary N) is 2. The number of rotatable bonds is 8. The van der Waals surface area contributed by atoms with Crippen LogP contribution in [0, 0.1) is 5.92 Å². The number of nitrogens with zero attached hydrogens (tertiary/aromatic N) is 2. The SMILES string of the molecule is CCNC(=NCC1CCN(CC(F)(F)F)C1)NC(C)CCS(C)(=O)=O. The van der Waals surface area contributed by atoms with Crippen molar-refractivity contribution < 1.29 is 21.6 Å². The van der Waals surface area contributed by atoms with Crippen molar-refractivity contribution in [2.24, 2.45) is 10.9 Å². The Kier molecular flexibility index (Phi) is 8.46. The Morgan fingerprint density at radius 3 is 2.64 bits per heavy atom. The minimum atomic E-state index is -4.16. The first-order valence-corrected chi connectivity index (χ1v) is 10.6. The second kappa shape index (κ2) is 9.61. The van der Waals surface area contributed by atoms with Crippen LogP contribution in [0.25, 0.3) is 0 Å². The van der Waals surface area contributed by atoms with Gasteiger partial charge >= 0.3 is 6.18 Å². The maximum Gasteiger partial charge on any atom is 0.401 e. The van der Waals surface area contributed by atoms with E-state index in [4.69, 9.17) is 0 Å². The van der Waals surface area contributed by atoms with Gasteiger partial charge in [0.15, 0.2) is 5.96 Å². The smallest absolute Gasteiger partial charge is 0.357 e. The largest absolute Gasteiger partial charge is 0.401 e. The highest BCUT2D eigenvalue weighted by Crippen LogP contribution is 2.22. The van der Waals surface area contributed by atoms with Gasteiger partial charge in [-0.05, 0) is 39.2 Å². The molecule has 0 spiro atoms. The van der Waals surface area contributed by atoms with Crippen molar-refractivity contribution in [3.8, 4) is 0 Å². The van der Waals surface area contributed by atoms with Crippen molar-refractivity contribution in [2.75, 3.05) is 44.7 Å². The van der Waals surface area contributed by atoms with Crippen LogP contribution in [0.5, 0.6) is 0 Å². The summed E-state index contributed by atoms with van der Waals surface area (Å²) in [5.41, 5.74) is 0. The maximum atomic E-state index is 12.4. The first kappa shape index (κ1) is 22.0. The lowest BCUT2D eigenvalue weighted by Gasteiger charge is -2.19. The topological polar surface area (TPSA) is 73.8 Å². The molecular weight excluding hydrogens is 357 g/mol. The first-order valence-electron chi connectivity index (χ1n) is 8.50. The van der Waals surface area contributed by atoms with Gasteiger partial charge in [0.2, 0.25) is 0 Å². The number of likely N-dealkylation sites (tertiary alicyclic amines) is 1. The zero-order valence-corrected chi connectivity index (χ0v) is 15.9. The van der Waals surface area contributed by atoms with Crippen LogP contribution >= 0.6 is 0 Å². The predicted molar refractivity (Wildman–Crippen MR) is 93.5 cm³/mol. The normalized spacial score (nSPS) is 21.4. The molecular formula is C15H29F3N4O2S. The molecule has 2 N–H and O–H groups in total. The zero-order valence-electron chi connectivity index (χ0n) is 15.1. The van der Waals surface area contributed by atoms with Crippen molar-refractivity contribution in [1.82, 2.24) is 15.5 Å². The molecule has 0 aromatic heterocycles. The van der Waals surface area contributed by atoms with Gasteiger partial charge in [-0.25, -0.2) is 8.42 Å². The third kappa shape index (κ3) is 10.5. The molecule has 1 heterocycles. The Bertz CT molecular complexity index is 537. The Balaban J connectivity index is 2.47. The molecule has 6 nitrogen and oxygen atoms in total. The number of sulfone groups is 1. The molecule has 25 heavy (non-hydrogen) atoms. The molecule has 10 heteroatoms. The maximum absolute atomic E-state index is 12.4. The van der Waals surface area contributed by atoms with Crippen molar-refractivity contribution in [1.29, 1.82) is 0 Å². The summed E-state index contributed by atoms with van der Waals surface area (Å²) in [6.45, 7) is 4.85. The van der Waals surface area contributed by atoms with Gasteiger partial charge in [0.05, 0.1) is 12.3 Å². The van der Waals surface area contributed by atoms with Gasteiger partial charge in [0, 0.05) is 31.9 Å². The minimum absolute atomic E-state index is 0.0715. The van der Waals surface area contributed by atoms with E-state index >= 15 is 0 Å². The average molecular weight is 386 g/mol. The molecule has 0 saturated carbocycles. The first-order chi connectivity index (χ1) is 11.5. The fourth-order valence-corrected chi connectivity index (χ4v) is 3.48. The van der Waals surface area contributed by atoms with Crippen molar-refractivity contribution >= 4 is 15.8 Å². The molecule has 2 unspecified atom stereocenters. The lowest BCUT2D eigenvalue weighted by atomic mass is 10.1. The van der Waals surface area contributed by atoms with E-state index in [1.807, 2.05) is 13.8 Å². The lowest BCUT2D eigenvalue weighted by Crippen LogP contribution is -2.43. The lowest BCUT2D eigenvalue weighted by molar-refractivity contribution is -0.143. The Hall–Kier alpha value is -1.03. The van der Waals surface area contributed by atoms with Gasteiger partial charge in [-0.15, -0.1) is 0 Å². The van der Waals surface area contributed by atoms with Gasteiger partial charge in [-0.3, -0.25) is 9.89 Å². The molecule has 148 valence electrons. The fourth-order valence-electron chi connectivity index (χ4n) is 2.70. The van der Waals surface area contributed by atoms with E-state index in [0.29, 0.717) is 45.0 Å². The molecule has 1 fully saturated rings.